The highest BCUT2D eigenvalue weighted by Crippen LogP contribution is 2.57. The topological polar surface area (TPSA) is 128 Å². The maximum absolute atomic E-state index is 14.0. The summed E-state index contributed by atoms with van der Waals surface area (Å²) in [6.45, 7) is 21.4. The van der Waals surface area contributed by atoms with E-state index in [2.05, 4.69) is 114 Å². The zero-order valence-corrected chi connectivity index (χ0v) is 37.8. The number of benzene rings is 3. The Bertz CT molecular complexity index is 2050. The van der Waals surface area contributed by atoms with Crippen molar-refractivity contribution in [3.05, 3.63) is 134 Å². The minimum atomic E-state index is -2.66. The smallest absolute Gasteiger partial charge is 0.330 e. The van der Waals surface area contributed by atoms with Gasteiger partial charge in [0.05, 0.1) is 50.4 Å². The van der Waals surface area contributed by atoms with Gasteiger partial charge in [-0.3, -0.25) is 14.3 Å². The van der Waals surface area contributed by atoms with E-state index in [1.807, 2.05) is 48.5 Å². The predicted molar refractivity (Wildman–Crippen MR) is 232 cm³/mol. The Morgan fingerprint density at radius 1 is 0.897 bits per heavy atom. The van der Waals surface area contributed by atoms with Crippen LogP contribution in [0, 0.1) is 24.2 Å². The number of hydrogen-bond donors (Lipinski definition) is 1. The molecule has 312 valence electrons. The molecule has 58 heavy (non-hydrogen) atoms. The van der Waals surface area contributed by atoms with Gasteiger partial charge < -0.3 is 22.9 Å². The molecular weight excluding hydrogens is 768 g/mol. The van der Waals surface area contributed by atoms with E-state index < -0.39 is 57.9 Å². The Kier molecular flexibility index (Phi) is 14.8. The predicted octanol–water partition coefficient (Wildman–Crippen LogP) is 9.08. The molecule has 0 aliphatic carbocycles. The van der Waals surface area contributed by atoms with Gasteiger partial charge in [0.25, 0.3) is 14.1 Å². The van der Waals surface area contributed by atoms with Crippen molar-refractivity contribution in [2.24, 2.45) is 5.92 Å². The Morgan fingerprint density at radius 2 is 1.45 bits per heavy atom. The summed E-state index contributed by atoms with van der Waals surface area (Å²) in [5, 5.41) is 9.21. The van der Waals surface area contributed by atoms with Gasteiger partial charge in [-0.25, -0.2) is 9.46 Å². The molecule has 1 saturated heterocycles. The number of ether oxygens (including phenoxy) is 2. The fraction of sp³-hybridized carbons (Fsp3) is 0.489. The van der Waals surface area contributed by atoms with Crippen LogP contribution in [0.1, 0.15) is 83.4 Å². The normalized spacial score (nSPS) is 19.5. The van der Waals surface area contributed by atoms with Crippen LogP contribution in [-0.2, 0) is 23.6 Å². The highest BCUT2D eigenvalue weighted by Gasteiger charge is 2.60. The van der Waals surface area contributed by atoms with Crippen molar-refractivity contribution in [2.75, 3.05) is 20.3 Å². The van der Waals surface area contributed by atoms with Crippen LogP contribution in [0.5, 0.6) is 5.75 Å². The number of nitrogens with zero attached hydrogens (tertiary/aromatic N) is 3. The molecule has 5 rings (SSSR count). The van der Waals surface area contributed by atoms with E-state index in [1.54, 1.807) is 20.2 Å². The first kappa shape index (κ1) is 45.2. The highest BCUT2D eigenvalue weighted by molar-refractivity contribution is 7.44. The first-order chi connectivity index (χ1) is 27.5. The van der Waals surface area contributed by atoms with Crippen molar-refractivity contribution in [3.8, 4) is 11.8 Å². The summed E-state index contributed by atoms with van der Waals surface area (Å²) in [6.07, 6.45) is -0.607. The quantitative estimate of drug-likeness (QED) is 0.0480. The molecule has 1 aliphatic heterocycles. The van der Waals surface area contributed by atoms with Crippen LogP contribution in [0.25, 0.3) is 0 Å². The van der Waals surface area contributed by atoms with Crippen LogP contribution in [-0.4, -0.2) is 67.2 Å². The molecule has 0 saturated carbocycles. The summed E-state index contributed by atoms with van der Waals surface area (Å²) in [4.78, 5) is 29.3. The Morgan fingerprint density at radius 3 is 1.95 bits per heavy atom. The van der Waals surface area contributed by atoms with Gasteiger partial charge in [-0.1, -0.05) is 93.6 Å². The highest BCUT2D eigenvalue weighted by atomic mass is 31.2. The molecule has 1 unspecified atom stereocenters. The fourth-order valence-electron chi connectivity index (χ4n) is 7.83. The lowest BCUT2D eigenvalue weighted by molar-refractivity contribution is -0.0499. The van der Waals surface area contributed by atoms with E-state index >= 15 is 0 Å². The fourth-order valence-corrected chi connectivity index (χ4v) is 10.7. The second-order valence-electron chi connectivity index (χ2n) is 17.0. The molecule has 0 bridgehead atoms. The third-order valence-corrected chi connectivity index (χ3v) is 18.1. The van der Waals surface area contributed by atoms with Crippen LogP contribution in [0.15, 0.2) is 101 Å². The monoisotopic (exact) mass is 828 g/mol. The number of rotatable bonds is 17. The lowest BCUT2D eigenvalue weighted by Gasteiger charge is -2.48. The first-order valence-corrected chi connectivity index (χ1v) is 24.1. The number of aryl methyl sites for hydroxylation is 1. The van der Waals surface area contributed by atoms with Gasteiger partial charge in [-0.2, -0.15) is 5.26 Å². The average Bonchev–Trinajstić information content (AvgIpc) is 3.52. The molecule has 0 spiro atoms. The number of aromatic nitrogens is 2. The largest absolute Gasteiger partial charge is 0.497 e. The summed E-state index contributed by atoms with van der Waals surface area (Å²) in [5.41, 5.74) is 1.34. The number of H-pyrrole nitrogens is 1. The van der Waals surface area contributed by atoms with Gasteiger partial charge >= 0.3 is 5.69 Å². The molecule has 3 aromatic carbocycles. The third kappa shape index (κ3) is 9.42. The minimum absolute atomic E-state index is 0.0708. The summed E-state index contributed by atoms with van der Waals surface area (Å²) in [5.74, 6) is 0.178. The second kappa shape index (κ2) is 19.0. The molecule has 1 fully saturated rings. The summed E-state index contributed by atoms with van der Waals surface area (Å²) >= 11 is 0. The number of methoxy groups -OCH3 is 1. The van der Waals surface area contributed by atoms with Crippen molar-refractivity contribution in [1.29, 1.82) is 5.26 Å². The molecule has 0 amide bonds. The van der Waals surface area contributed by atoms with Gasteiger partial charge in [-0.15, -0.1) is 0 Å². The zero-order chi connectivity index (χ0) is 42.4. The third-order valence-electron chi connectivity index (χ3n) is 11.5. The molecule has 11 nitrogen and oxygen atoms in total. The molecule has 4 aromatic rings. The summed E-state index contributed by atoms with van der Waals surface area (Å²) in [7, 11) is -2.66. The maximum Gasteiger partial charge on any atom is 0.330 e. The molecule has 2 heterocycles. The number of nitriles is 1. The minimum Gasteiger partial charge on any atom is -0.497 e. The van der Waals surface area contributed by atoms with E-state index in [0.717, 1.165) is 16.7 Å². The second-order valence-corrected chi connectivity index (χ2v) is 23.2. The molecule has 13 heteroatoms. The van der Waals surface area contributed by atoms with E-state index in [-0.39, 0.29) is 36.8 Å². The standard InChI is InChI=1S/C45H61N4O7PSi/c1-31(2)49(32(3)4)57(53-28-18-27-46)54-30-38-39(40(56-58(10,11)44(6,7)8)42(55-38)48-29-33(5)41(50)47-43(48)51)45(34-19-14-12-15-20-34,35-21-16-13-17-22-35)36-23-25-37(52-9)26-24-36/h12-17,19-26,29,31-32,38-40,42H,18,28,30H2,1-11H3,(H,47,50,51)/t38-,39-,40-,42-,57?/m1/s1. The Labute approximate surface area is 346 Å². The number of nitrogens with one attached hydrogen (secondary N) is 1. The van der Waals surface area contributed by atoms with Crippen LogP contribution >= 0.6 is 8.53 Å². The SMILES string of the molecule is COc1ccc(C(c2ccccc2)(c2ccccc2)[C@H]2[C@@H](O[Si](C)(C)C(C)(C)C)[C@H](n3cc(C)c(=O)[nH]c3=O)O[C@@H]2COP(OCCC#N)N(C(C)C)C(C)C)cc1. The van der Waals surface area contributed by atoms with Crippen molar-refractivity contribution in [1.82, 2.24) is 14.2 Å². The maximum atomic E-state index is 14.0. The number of hydrogen-bond acceptors (Lipinski definition) is 9. The van der Waals surface area contributed by atoms with Crippen LogP contribution in [0.2, 0.25) is 18.1 Å². The van der Waals surface area contributed by atoms with E-state index in [0.29, 0.717) is 11.3 Å². The molecule has 1 aromatic heterocycles. The summed E-state index contributed by atoms with van der Waals surface area (Å²) < 4.78 is 37.6. The van der Waals surface area contributed by atoms with Crippen LogP contribution in [0.3, 0.4) is 0 Å². The van der Waals surface area contributed by atoms with Gasteiger partial charge in [0, 0.05) is 29.8 Å². The number of aromatic amines is 1. The van der Waals surface area contributed by atoms with Gasteiger partial charge in [0.1, 0.15) is 5.75 Å². The lowest BCUT2D eigenvalue weighted by atomic mass is 9.59. The van der Waals surface area contributed by atoms with Crippen molar-refractivity contribution < 1.29 is 22.9 Å². The van der Waals surface area contributed by atoms with Crippen LogP contribution in [0.4, 0.5) is 0 Å². The Balaban J connectivity index is 1.87. The van der Waals surface area contributed by atoms with Gasteiger partial charge in [0.2, 0.25) is 0 Å². The summed E-state index contributed by atoms with van der Waals surface area (Å²) in [6, 6.07) is 31.2. The lowest BCUT2D eigenvalue weighted by Crippen LogP contribution is -2.54. The van der Waals surface area contributed by atoms with Crippen molar-refractivity contribution >= 4 is 16.8 Å². The molecule has 5 atom stereocenters. The van der Waals surface area contributed by atoms with Gasteiger partial charge in [0.15, 0.2) is 14.5 Å². The van der Waals surface area contributed by atoms with Gasteiger partial charge in [-0.05, 0) is 81.6 Å². The van der Waals surface area contributed by atoms with E-state index in [1.165, 1.54) is 4.57 Å². The average molecular weight is 829 g/mol. The first-order valence-electron chi connectivity index (χ1n) is 20.1. The van der Waals surface area contributed by atoms with Crippen molar-refractivity contribution in [3.63, 3.8) is 0 Å². The van der Waals surface area contributed by atoms with Crippen LogP contribution < -0.4 is 16.0 Å². The van der Waals surface area contributed by atoms with E-state index in [9.17, 15) is 14.9 Å². The Hall–Kier alpha value is -3.92. The zero-order valence-electron chi connectivity index (χ0n) is 35.9. The molecule has 1 N–H and O–H groups in total. The molecule has 0 radical (unpaired) electrons. The van der Waals surface area contributed by atoms with E-state index in [4.69, 9.17) is 22.9 Å². The molecular formula is C45H61N4O7PSi. The molecule has 1 aliphatic rings. The van der Waals surface area contributed by atoms with Crippen molar-refractivity contribution in [2.45, 2.75) is 116 Å².